The van der Waals surface area contributed by atoms with E-state index in [0.717, 1.165) is 24.6 Å². The molecule has 0 atom stereocenters. The van der Waals surface area contributed by atoms with E-state index in [4.69, 9.17) is 0 Å². The first-order chi connectivity index (χ1) is 9.52. The molecule has 0 spiro atoms. The molecule has 0 aliphatic rings. The Balaban J connectivity index is 0.00000400. The van der Waals surface area contributed by atoms with Crippen molar-refractivity contribution in [3.63, 3.8) is 0 Å². The minimum absolute atomic E-state index is 0. The molecular weight excluding hydrogens is 383 g/mol. The lowest BCUT2D eigenvalue weighted by molar-refractivity contribution is -0.384. The van der Waals surface area contributed by atoms with Gasteiger partial charge < -0.3 is 10.6 Å². The summed E-state index contributed by atoms with van der Waals surface area (Å²) in [6.45, 7) is 8.27. The largest absolute Gasteiger partial charge is 0.357 e. The number of nitro benzene ring substituents is 1. The molecule has 0 saturated carbocycles. The molecule has 0 unspecified atom stereocenters. The fraction of sp³-hybridized carbons (Fsp3) is 0.500. The molecule has 0 aliphatic carbocycles. The molecule has 0 saturated heterocycles. The first-order valence-electron chi connectivity index (χ1n) is 6.78. The number of aliphatic imine (C=N–C) groups is 1. The molecular formula is C14H23IN4O2. The number of halogens is 1. The van der Waals surface area contributed by atoms with Gasteiger partial charge in [0.25, 0.3) is 5.69 Å². The van der Waals surface area contributed by atoms with Crippen LogP contribution < -0.4 is 10.6 Å². The van der Waals surface area contributed by atoms with E-state index < -0.39 is 4.92 Å². The molecule has 0 aliphatic heterocycles. The highest BCUT2D eigenvalue weighted by Crippen LogP contribution is 2.13. The fourth-order valence-electron chi connectivity index (χ4n) is 1.58. The van der Waals surface area contributed by atoms with Crippen LogP contribution in [-0.2, 0) is 6.54 Å². The van der Waals surface area contributed by atoms with E-state index in [2.05, 4.69) is 29.5 Å². The summed E-state index contributed by atoms with van der Waals surface area (Å²) in [4.78, 5) is 14.8. The van der Waals surface area contributed by atoms with Crippen molar-refractivity contribution in [2.75, 3.05) is 13.1 Å². The van der Waals surface area contributed by atoms with Crippen LogP contribution >= 0.6 is 24.0 Å². The topological polar surface area (TPSA) is 79.6 Å². The molecule has 0 fully saturated rings. The lowest BCUT2D eigenvalue weighted by atomic mass is 10.2. The first-order valence-corrected chi connectivity index (χ1v) is 6.78. The van der Waals surface area contributed by atoms with Gasteiger partial charge in [0.1, 0.15) is 0 Å². The van der Waals surface area contributed by atoms with Gasteiger partial charge in [0, 0.05) is 25.2 Å². The summed E-state index contributed by atoms with van der Waals surface area (Å²) in [7, 11) is 0. The van der Waals surface area contributed by atoms with E-state index in [1.807, 2.05) is 13.0 Å². The summed E-state index contributed by atoms with van der Waals surface area (Å²) < 4.78 is 0. The highest BCUT2D eigenvalue weighted by atomic mass is 127. The Labute approximate surface area is 142 Å². The van der Waals surface area contributed by atoms with Crippen LogP contribution in [0.2, 0.25) is 0 Å². The highest BCUT2D eigenvalue weighted by Gasteiger charge is 2.05. The third-order valence-corrected chi connectivity index (χ3v) is 2.56. The number of hydrogen-bond acceptors (Lipinski definition) is 3. The standard InChI is InChI=1S/C14H22N4O2.HI/c1-4-15-14(16-9-11(2)3)17-10-12-6-5-7-13(8-12)18(19)20;/h5-8,11H,4,9-10H2,1-3H3,(H2,15,16,17);1H. The molecule has 21 heavy (non-hydrogen) atoms. The van der Waals surface area contributed by atoms with Crippen LogP contribution in [0.15, 0.2) is 29.3 Å². The van der Waals surface area contributed by atoms with Crippen molar-refractivity contribution in [3.05, 3.63) is 39.9 Å². The Morgan fingerprint density at radius 2 is 2.10 bits per heavy atom. The zero-order valence-corrected chi connectivity index (χ0v) is 15.0. The summed E-state index contributed by atoms with van der Waals surface area (Å²) in [6.07, 6.45) is 0. The van der Waals surface area contributed by atoms with Crippen LogP contribution in [0.25, 0.3) is 0 Å². The number of nitrogens with zero attached hydrogens (tertiary/aromatic N) is 2. The van der Waals surface area contributed by atoms with Crippen molar-refractivity contribution in [2.45, 2.75) is 27.3 Å². The third-order valence-electron chi connectivity index (χ3n) is 2.56. The molecule has 1 aromatic rings. The highest BCUT2D eigenvalue weighted by molar-refractivity contribution is 14.0. The monoisotopic (exact) mass is 406 g/mol. The Morgan fingerprint density at radius 3 is 2.67 bits per heavy atom. The van der Waals surface area contributed by atoms with Gasteiger partial charge in [-0.1, -0.05) is 26.0 Å². The molecule has 0 amide bonds. The Kier molecular flexibility index (Phi) is 9.68. The van der Waals surface area contributed by atoms with E-state index in [1.54, 1.807) is 12.1 Å². The van der Waals surface area contributed by atoms with Crippen LogP contribution in [0.4, 0.5) is 5.69 Å². The van der Waals surface area contributed by atoms with Crippen LogP contribution in [-0.4, -0.2) is 24.0 Å². The first kappa shape index (κ1) is 19.6. The summed E-state index contributed by atoms with van der Waals surface area (Å²) in [5.74, 6) is 1.25. The van der Waals surface area contributed by atoms with Crippen LogP contribution in [0.1, 0.15) is 26.3 Å². The summed E-state index contributed by atoms with van der Waals surface area (Å²) in [5.41, 5.74) is 0.916. The van der Waals surface area contributed by atoms with Gasteiger partial charge in [-0.2, -0.15) is 0 Å². The second kappa shape index (κ2) is 10.4. The Bertz CT molecular complexity index is 478. The smallest absolute Gasteiger partial charge is 0.269 e. The SMILES string of the molecule is CCNC(=NCc1cccc([N+](=O)[O-])c1)NCC(C)C.I. The lowest BCUT2D eigenvalue weighted by Crippen LogP contribution is -2.39. The fourth-order valence-corrected chi connectivity index (χ4v) is 1.58. The molecule has 1 rings (SSSR count). The van der Waals surface area contributed by atoms with E-state index in [0.29, 0.717) is 12.5 Å². The summed E-state index contributed by atoms with van der Waals surface area (Å²) in [6, 6.07) is 6.55. The average Bonchev–Trinajstić information content (AvgIpc) is 2.42. The summed E-state index contributed by atoms with van der Waals surface area (Å²) in [5, 5.41) is 17.1. The quantitative estimate of drug-likeness (QED) is 0.250. The minimum atomic E-state index is -0.393. The maximum absolute atomic E-state index is 10.7. The Morgan fingerprint density at radius 1 is 1.38 bits per heavy atom. The molecule has 0 radical (unpaired) electrons. The van der Waals surface area contributed by atoms with Gasteiger partial charge in [0.05, 0.1) is 11.5 Å². The third kappa shape index (κ3) is 7.84. The second-order valence-electron chi connectivity index (χ2n) is 4.90. The molecule has 0 aromatic heterocycles. The van der Waals surface area contributed by atoms with E-state index in [1.165, 1.54) is 6.07 Å². The number of rotatable bonds is 6. The zero-order valence-electron chi connectivity index (χ0n) is 12.6. The van der Waals surface area contributed by atoms with E-state index in [9.17, 15) is 10.1 Å². The number of nitrogens with one attached hydrogen (secondary N) is 2. The molecule has 6 nitrogen and oxygen atoms in total. The van der Waals surface area contributed by atoms with E-state index >= 15 is 0 Å². The van der Waals surface area contributed by atoms with E-state index in [-0.39, 0.29) is 29.7 Å². The Hall–Kier alpha value is -1.38. The summed E-state index contributed by atoms with van der Waals surface area (Å²) >= 11 is 0. The molecule has 118 valence electrons. The van der Waals surface area contributed by atoms with Crippen molar-refractivity contribution in [1.82, 2.24) is 10.6 Å². The van der Waals surface area contributed by atoms with Crippen LogP contribution in [0.3, 0.4) is 0 Å². The van der Waals surface area contributed by atoms with Crippen molar-refractivity contribution < 1.29 is 4.92 Å². The van der Waals surface area contributed by atoms with Gasteiger partial charge in [-0.05, 0) is 18.4 Å². The average molecular weight is 406 g/mol. The zero-order chi connectivity index (χ0) is 15.0. The number of hydrogen-bond donors (Lipinski definition) is 2. The maximum atomic E-state index is 10.7. The van der Waals surface area contributed by atoms with Gasteiger partial charge in [-0.25, -0.2) is 4.99 Å². The number of nitro groups is 1. The van der Waals surface area contributed by atoms with Crippen molar-refractivity contribution in [3.8, 4) is 0 Å². The molecule has 7 heteroatoms. The normalized spacial score (nSPS) is 11.0. The molecule has 1 aromatic carbocycles. The molecule has 0 bridgehead atoms. The van der Waals surface area contributed by atoms with Gasteiger partial charge in [0.2, 0.25) is 0 Å². The van der Waals surface area contributed by atoms with Crippen molar-refractivity contribution in [2.24, 2.45) is 10.9 Å². The predicted octanol–water partition coefficient (Wildman–Crippen LogP) is 2.92. The van der Waals surface area contributed by atoms with Crippen molar-refractivity contribution >= 4 is 35.6 Å². The van der Waals surface area contributed by atoms with Gasteiger partial charge in [-0.3, -0.25) is 10.1 Å². The molecule has 0 heterocycles. The number of guanidine groups is 1. The number of benzene rings is 1. The van der Waals surface area contributed by atoms with Crippen LogP contribution in [0.5, 0.6) is 0 Å². The minimum Gasteiger partial charge on any atom is -0.357 e. The van der Waals surface area contributed by atoms with Crippen molar-refractivity contribution in [1.29, 1.82) is 0 Å². The number of non-ortho nitro benzene ring substituents is 1. The maximum Gasteiger partial charge on any atom is 0.269 e. The van der Waals surface area contributed by atoms with Gasteiger partial charge in [-0.15, -0.1) is 24.0 Å². The predicted molar refractivity (Wildman–Crippen MR) is 96.2 cm³/mol. The second-order valence-corrected chi connectivity index (χ2v) is 4.90. The lowest BCUT2D eigenvalue weighted by Gasteiger charge is -2.12. The van der Waals surface area contributed by atoms with Gasteiger partial charge in [0.15, 0.2) is 5.96 Å². The van der Waals surface area contributed by atoms with Gasteiger partial charge >= 0.3 is 0 Å². The van der Waals surface area contributed by atoms with Crippen LogP contribution in [0, 0.1) is 16.0 Å². The molecule has 2 N–H and O–H groups in total.